The van der Waals surface area contributed by atoms with Crippen LogP contribution in [0.3, 0.4) is 0 Å². The Morgan fingerprint density at radius 1 is 1.10 bits per heavy atom. The fourth-order valence-electron chi connectivity index (χ4n) is 3.39. The van der Waals surface area contributed by atoms with E-state index in [1.165, 1.54) is 29.4 Å². The van der Waals surface area contributed by atoms with Crippen molar-refractivity contribution >= 4 is 21.8 Å². The van der Waals surface area contributed by atoms with Crippen LogP contribution in [0.5, 0.6) is 0 Å². The van der Waals surface area contributed by atoms with E-state index < -0.39 is 28.0 Å². The van der Waals surface area contributed by atoms with E-state index in [1.54, 1.807) is 30.3 Å². The van der Waals surface area contributed by atoms with Gasteiger partial charge in [0, 0.05) is 44.1 Å². The molecule has 2 aromatic rings. The summed E-state index contributed by atoms with van der Waals surface area (Å²) in [5.41, 5.74) is 6.42. The Balaban J connectivity index is 1.93. The number of benzene rings is 1. The molecule has 1 fully saturated rings. The smallest absolute Gasteiger partial charge is 0.259 e. The lowest BCUT2D eigenvalue weighted by Gasteiger charge is -2.41. The van der Waals surface area contributed by atoms with Crippen LogP contribution in [-0.4, -0.2) is 66.8 Å². The molecule has 1 aromatic heterocycles. The quantitative estimate of drug-likeness (QED) is 0.643. The number of nitrogens with two attached hydrogens (primary N) is 1. The number of nitrogens with zero attached hydrogens (tertiary/aromatic N) is 3. The first kappa shape index (κ1) is 21.9. The van der Waals surface area contributed by atoms with E-state index in [0.29, 0.717) is 17.5 Å². The van der Waals surface area contributed by atoms with E-state index in [0.717, 1.165) is 4.31 Å². The highest BCUT2D eigenvalue weighted by Gasteiger charge is 2.43. The first-order chi connectivity index (χ1) is 14.4. The molecule has 0 spiro atoms. The van der Waals surface area contributed by atoms with Gasteiger partial charge in [-0.05, 0) is 24.1 Å². The van der Waals surface area contributed by atoms with Crippen molar-refractivity contribution in [3.63, 3.8) is 0 Å². The summed E-state index contributed by atoms with van der Waals surface area (Å²) in [5, 5.41) is 2.63. The highest BCUT2D eigenvalue weighted by atomic mass is 32.2. The molecule has 1 unspecified atom stereocenters. The fraction of sp³-hybridized carbons (Fsp3) is 0.350. The van der Waals surface area contributed by atoms with Gasteiger partial charge in [0.25, 0.3) is 11.8 Å². The molecule has 0 radical (unpaired) electrons. The highest BCUT2D eigenvalue weighted by molar-refractivity contribution is 7.88. The molecule has 10 heteroatoms. The van der Waals surface area contributed by atoms with E-state index in [-0.39, 0.29) is 31.9 Å². The summed E-state index contributed by atoms with van der Waals surface area (Å²) < 4.78 is 27.6. The Morgan fingerprint density at radius 3 is 2.47 bits per heavy atom. The van der Waals surface area contributed by atoms with Gasteiger partial charge >= 0.3 is 0 Å². The van der Waals surface area contributed by atoms with E-state index in [9.17, 15) is 18.0 Å². The van der Waals surface area contributed by atoms with E-state index in [4.69, 9.17) is 5.73 Å². The van der Waals surface area contributed by atoms with Gasteiger partial charge in [-0.15, -0.1) is 0 Å². The number of pyridine rings is 1. The molecule has 9 nitrogen and oxygen atoms in total. The zero-order valence-electron chi connectivity index (χ0n) is 16.5. The number of hydrogen-bond donors (Lipinski definition) is 2. The van der Waals surface area contributed by atoms with Crippen molar-refractivity contribution in [1.29, 1.82) is 0 Å². The normalized spacial score (nSPS) is 17.5. The number of carbonyl (C=O) groups is 2. The lowest BCUT2D eigenvalue weighted by Crippen LogP contribution is -2.63. The number of carbonyl (C=O) groups excluding carboxylic acids is 2. The summed E-state index contributed by atoms with van der Waals surface area (Å²) in [7, 11) is -3.87. The monoisotopic (exact) mass is 431 g/mol. The van der Waals surface area contributed by atoms with Gasteiger partial charge in [0.15, 0.2) is 6.17 Å². The zero-order valence-corrected chi connectivity index (χ0v) is 17.3. The molecule has 3 rings (SSSR count). The topological polar surface area (TPSA) is 126 Å². The summed E-state index contributed by atoms with van der Waals surface area (Å²) in [5.74, 6) is -1.25. The summed E-state index contributed by atoms with van der Waals surface area (Å²) >= 11 is 0. The second kappa shape index (κ2) is 9.79. The van der Waals surface area contributed by atoms with E-state index >= 15 is 0 Å². The predicted octanol–water partition coefficient (Wildman–Crippen LogP) is 0.161. The molecule has 1 aromatic carbocycles. The number of amides is 2. The molecular weight excluding hydrogens is 406 g/mol. The van der Waals surface area contributed by atoms with Gasteiger partial charge in [-0.3, -0.25) is 14.6 Å². The van der Waals surface area contributed by atoms with Crippen LogP contribution in [0.4, 0.5) is 0 Å². The van der Waals surface area contributed by atoms with Crippen LogP contribution in [0.25, 0.3) is 0 Å². The van der Waals surface area contributed by atoms with Crippen LogP contribution < -0.4 is 11.1 Å². The van der Waals surface area contributed by atoms with Crippen LogP contribution >= 0.6 is 0 Å². The first-order valence-corrected chi connectivity index (χ1v) is 11.3. The lowest BCUT2D eigenvalue weighted by atomic mass is 10.1. The number of rotatable bonds is 7. The number of hydrogen-bond acceptors (Lipinski definition) is 6. The minimum atomic E-state index is -3.87. The summed E-state index contributed by atoms with van der Waals surface area (Å²) in [6.07, 6.45) is 2.10. The van der Waals surface area contributed by atoms with Crippen molar-refractivity contribution in [3.05, 3.63) is 66.0 Å². The third-order valence-corrected chi connectivity index (χ3v) is 6.56. The average Bonchev–Trinajstić information content (AvgIpc) is 2.77. The molecule has 30 heavy (non-hydrogen) atoms. The SMILES string of the molecule is NCCNC(=O)C1N(C(=O)c2ccncc2)CCCN1S(=O)(=O)Cc1ccccc1. The Morgan fingerprint density at radius 2 is 1.80 bits per heavy atom. The number of sulfonamides is 1. The van der Waals surface area contributed by atoms with Gasteiger partial charge in [0.1, 0.15) is 0 Å². The van der Waals surface area contributed by atoms with Gasteiger partial charge in [0.2, 0.25) is 10.0 Å². The van der Waals surface area contributed by atoms with Gasteiger partial charge < -0.3 is 16.0 Å². The minimum Gasteiger partial charge on any atom is -0.352 e. The van der Waals surface area contributed by atoms with Crippen LogP contribution in [0.2, 0.25) is 0 Å². The van der Waals surface area contributed by atoms with Gasteiger partial charge in [-0.1, -0.05) is 30.3 Å². The second-order valence-electron chi connectivity index (χ2n) is 6.89. The van der Waals surface area contributed by atoms with Crippen molar-refractivity contribution < 1.29 is 18.0 Å². The Kier molecular flexibility index (Phi) is 7.14. The molecule has 1 saturated heterocycles. The second-order valence-corrected chi connectivity index (χ2v) is 8.82. The van der Waals surface area contributed by atoms with Crippen molar-refractivity contribution in [3.8, 4) is 0 Å². The zero-order chi connectivity index (χ0) is 21.6. The number of nitrogens with one attached hydrogen (secondary N) is 1. The van der Waals surface area contributed by atoms with Crippen LogP contribution in [0.1, 0.15) is 22.3 Å². The molecule has 3 N–H and O–H groups in total. The summed E-state index contributed by atoms with van der Waals surface area (Å²) in [6, 6.07) is 11.8. The Labute approximate surface area is 175 Å². The first-order valence-electron chi connectivity index (χ1n) is 9.66. The standard InChI is InChI=1S/C20H25N5O4S/c21-9-12-23-18(26)19-24(20(27)17-7-10-22-11-8-17)13-4-14-25(19)30(28,29)15-16-5-2-1-3-6-16/h1-3,5-8,10-11,19H,4,9,12-15,21H2,(H,23,26). The van der Waals surface area contributed by atoms with Gasteiger partial charge in [-0.25, -0.2) is 8.42 Å². The molecule has 1 atom stereocenters. The Bertz CT molecular complexity index is 969. The maximum Gasteiger partial charge on any atom is 0.259 e. The molecule has 0 saturated carbocycles. The molecule has 160 valence electrons. The fourth-order valence-corrected chi connectivity index (χ4v) is 5.09. The maximum atomic E-state index is 13.2. The molecule has 1 aliphatic rings. The largest absolute Gasteiger partial charge is 0.352 e. The highest BCUT2D eigenvalue weighted by Crippen LogP contribution is 2.23. The van der Waals surface area contributed by atoms with Crippen molar-refractivity contribution in [2.75, 3.05) is 26.2 Å². The van der Waals surface area contributed by atoms with Crippen LogP contribution in [0.15, 0.2) is 54.9 Å². The molecular formula is C20H25N5O4S. The Hall–Kier alpha value is -2.82. The van der Waals surface area contributed by atoms with Gasteiger partial charge in [0.05, 0.1) is 5.75 Å². The molecule has 2 heterocycles. The minimum absolute atomic E-state index is 0.149. The van der Waals surface area contributed by atoms with Crippen molar-refractivity contribution in [2.24, 2.45) is 5.73 Å². The van der Waals surface area contributed by atoms with Crippen molar-refractivity contribution in [1.82, 2.24) is 19.5 Å². The van der Waals surface area contributed by atoms with Crippen LogP contribution in [0, 0.1) is 0 Å². The molecule has 2 amide bonds. The third kappa shape index (κ3) is 5.02. The van der Waals surface area contributed by atoms with Gasteiger partial charge in [-0.2, -0.15) is 4.31 Å². The average molecular weight is 432 g/mol. The number of aromatic nitrogens is 1. The van der Waals surface area contributed by atoms with Crippen LogP contribution in [-0.2, 0) is 20.6 Å². The molecule has 0 aliphatic carbocycles. The maximum absolute atomic E-state index is 13.2. The third-order valence-electron chi connectivity index (χ3n) is 4.76. The summed E-state index contributed by atoms with van der Waals surface area (Å²) in [6.45, 7) is 0.794. The lowest BCUT2D eigenvalue weighted by molar-refractivity contribution is -0.130. The van der Waals surface area contributed by atoms with E-state index in [1.807, 2.05) is 0 Å². The molecule has 1 aliphatic heterocycles. The predicted molar refractivity (Wildman–Crippen MR) is 112 cm³/mol. The van der Waals surface area contributed by atoms with E-state index in [2.05, 4.69) is 10.3 Å². The summed E-state index contributed by atoms with van der Waals surface area (Å²) in [4.78, 5) is 31.2. The van der Waals surface area contributed by atoms with Crippen molar-refractivity contribution in [2.45, 2.75) is 18.3 Å². The molecule has 0 bridgehead atoms.